The number of carbonyl (C=O) groups is 1. The van der Waals surface area contributed by atoms with E-state index in [0.717, 1.165) is 0 Å². The molecular weight excluding hydrogens is 175 g/mol. The summed E-state index contributed by atoms with van der Waals surface area (Å²) in [7, 11) is 0. The topological polar surface area (TPSA) is 118 Å². The Morgan fingerprint density at radius 1 is 1.15 bits per heavy atom. The van der Waals surface area contributed by atoms with Gasteiger partial charge in [0.2, 0.25) is 0 Å². The predicted octanol–water partition coefficient (Wildman–Crippen LogP) is -4.03. The number of ketones is 1. The fraction of sp³-hybridized carbons (Fsp3) is 0.833. The first-order chi connectivity index (χ1) is 5.54. The molecule has 3 atom stereocenters. The number of aliphatic hydroxyl groups excluding tert-OH is 5. The molecule has 0 aliphatic heterocycles. The summed E-state index contributed by atoms with van der Waals surface area (Å²) < 4.78 is 0. The monoisotopic (exact) mass is 188 g/mol. The van der Waals surface area contributed by atoms with Crippen LogP contribution in [-0.2, 0) is 4.79 Å². The molecule has 0 aromatic carbocycles. The van der Waals surface area contributed by atoms with E-state index in [2.05, 4.69) is 0 Å². The van der Waals surface area contributed by atoms with Gasteiger partial charge in [0.1, 0.15) is 24.9 Å². The summed E-state index contributed by atoms with van der Waals surface area (Å²) >= 11 is 0. The summed E-state index contributed by atoms with van der Waals surface area (Å²) in [5.74, 6) is -1.00. The third-order valence-corrected chi connectivity index (χ3v) is 1.39. The second kappa shape index (κ2) is 7.47. The summed E-state index contributed by atoms with van der Waals surface area (Å²) in [4.78, 5) is 10.5. The Bertz CT molecular complexity index is 152. The fourth-order valence-corrected chi connectivity index (χ4v) is 0.602. The third kappa shape index (κ3) is 4.74. The maximum atomic E-state index is 10.5. The van der Waals surface area contributed by atoms with Gasteiger partial charge in [-0.05, 0) is 0 Å². The molecule has 13 heavy (non-hydrogen) atoms. The van der Waals surface area contributed by atoms with Gasteiger partial charge in [-0.1, -0.05) is 0 Å². The molecule has 0 amide bonds. The Labute approximate surface area is 87.0 Å². The molecule has 6 nitrogen and oxygen atoms in total. The molecule has 0 saturated heterocycles. The molecule has 7 heteroatoms. The van der Waals surface area contributed by atoms with Crippen LogP contribution in [0.1, 0.15) is 0 Å². The van der Waals surface area contributed by atoms with E-state index in [-0.39, 0.29) is 18.9 Å². The Morgan fingerprint density at radius 2 is 1.62 bits per heavy atom. The summed E-state index contributed by atoms with van der Waals surface area (Å²) in [6.07, 6.45) is -5.22. The van der Waals surface area contributed by atoms with E-state index in [0.29, 0.717) is 0 Å². The van der Waals surface area contributed by atoms with Crippen molar-refractivity contribution < 1.29 is 30.3 Å². The SMILES string of the molecule is O=C(CO)[C@H](O)[C@@H](O)[C@H](O)CO.[LiH]. The van der Waals surface area contributed by atoms with Crippen molar-refractivity contribution in [3.63, 3.8) is 0 Å². The van der Waals surface area contributed by atoms with Gasteiger partial charge in [0.05, 0.1) is 6.61 Å². The number of carbonyl (C=O) groups excluding carboxylic acids is 1. The first-order valence-electron chi connectivity index (χ1n) is 3.33. The number of Topliss-reactive ketones (excluding diaryl/α,β-unsaturated/α-hetero) is 1. The quantitative estimate of drug-likeness (QED) is 0.280. The second-order valence-corrected chi connectivity index (χ2v) is 2.31. The van der Waals surface area contributed by atoms with Crippen molar-refractivity contribution in [2.45, 2.75) is 18.3 Å². The van der Waals surface area contributed by atoms with Crippen molar-refractivity contribution in [1.29, 1.82) is 0 Å². The van der Waals surface area contributed by atoms with Crippen LogP contribution in [0, 0.1) is 0 Å². The predicted molar refractivity (Wildman–Crippen MR) is 44.3 cm³/mol. The van der Waals surface area contributed by atoms with Crippen molar-refractivity contribution in [3.8, 4) is 0 Å². The number of hydrogen-bond acceptors (Lipinski definition) is 6. The van der Waals surface area contributed by atoms with Crippen LogP contribution >= 0.6 is 0 Å². The van der Waals surface area contributed by atoms with Gasteiger partial charge >= 0.3 is 18.9 Å². The van der Waals surface area contributed by atoms with Crippen molar-refractivity contribution in [1.82, 2.24) is 0 Å². The molecule has 0 unspecified atom stereocenters. The van der Waals surface area contributed by atoms with Gasteiger partial charge in [0, 0.05) is 0 Å². The minimum atomic E-state index is -1.86. The Hall–Kier alpha value is 0.0674. The molecule has 0 fully saturated rings. The van der Waals surface area contributed by atoms with Crippen LogP contribution < -0.4 is 0 Å². The number of rotatable bonds is 5. The van der Waals surface area contributed by atoms with E-state index in [1.54, 1.807) is 0 Å². The molecule has 0 radical (unpaired) electrons. The molecule has 74 valence electrons. The third-order valence-electron chi connectivity index (χ3n) is 1.39. The normalized spacial score (nSPS) is 17.0. The Kier molecular flexibility index (Phi) is 8.93. The molecule has 0 spiro atoms. The van der Waals surface area contributed by atoms with E-state index >= 15 is 0 Å². The van der Waals surface area contributed by atoms with Crippen LogP contribution in [-0.4, -0.2) is 81.7 Å². The molecule has 0 saturated carbocycles. The van der Waals surface area contributed by atoms with Crippen LogP contribution in [0.5, 0.6) is 0 Å². The summed E-state index contributed by atoms with van der Waals surface area (Å²) in [5.41, 5.74) is 0. The minimum absolute atomic E-state index is 0. The van der Waals surface area contributed by atoms with E-state index in [9.17, 15) is 4.79 Å². The summed E-state index contributed by atoms with van der Waals surface area (Å²) in [6, 6.07) is 0. The number of aliphatic hydroxyl groups is 5. The average molecular weight is 188 g/mol. The first kappa shape index (κ1) is 15.5. The van der Waals surface area contributed by atoms with Crippen LogP contribution in [0.4, 0.5) is 0 Å². The zero-order valence-electron chi connectivity index (χ0n) is 6.29. The van der Waals surface area contributed by atoms with Gasteiger partial charge in [-0.25, -0.2) is 0 Å². The van der Waals surface area contributed by atoms with E-state index in [1.807, 2.05) is 0 Å². The van der Waals surface area contributed by atoms with Gasteiger partial charge < -0.3 is 25.5 Å². The van der Waals surface area contributed by atoms with Gasteiger partial charge in [-0.3, -0.25) is 4.79 Å². The van der Waals surface area contributed by atoms with E-state index in [1.165, 1.54) is 0 Å². The number of hydrogen-bond donors (Lipinski definition) is 5. The van der Waals surface area contributed by atoms with Crippen LogP contribution in [0.3, 0.4) is 0 Å². The van der Waals surface area contributed by atoms with Gasteiger partial charge in [-0.15, -0.1) is 0 Å². The molecule has 0 aliphatic rings. The first-order valence-corrected chi connectivity index (χ1v) is 3.33. The summed E-state index contributed by atoms with van der Waals surface area (Å²) in [6.45, 7) is -1.69. The average Bonchev–Trinajstić information content (AvgIpc) is 2.12. The van der Waals surface area contributed by atoms with Gasteiger partial charge in [0.25, 0.3) is 0 Å². The van der Waals surface area contributed by atoms with Crippen LogP contribution in [0.2, 0.25) is 0 Å². The fourth-order valence-electron chi connectivity index (χ4n) is 0.602. The molecule has 0 heterocycles. The van der Waals surface area contributed by atoms with Crippen LogP contribution in [0.25, 0.3) is 0 Å². The molecule has 0 rings (SSSR count). The Balaban J connectivity index is 0. The van der Waals surface area contributed by atoms with Gasteiger partial charge in [0.15, 0.2) is 5.78 Å². The zero-order chi connectivity index (χ0) is 9.72. The summed E-state index contributed by atoms with van der Waals surface area (Å²) in [5, 5.41) is 43.1. The van der Waals surface area contributed by atoms with E-state index < -0.39 is 37.3 Å². The van der Waals surface area contributed by atoms with Crippen molar-refractivity contribution in [2.75, 3.05) is 13.2 Å². The molecule has 0 aromatic heterocycles. The molecular formula is C6H13LiO6. The molecule has 0 aromatic rings. The molecule has 5 N–H and O–H groups in total. The zero-order valence-corrected chi connectivity index (χ0v) is 6.29. The van der Waals surface area contributed by atoms with Crippen molar-refractivity contribution in [3.05, 3.63) is 0 Å². The van der Waals surface area contributed by atoms with E-state index in [4.69, 9.17) is 25.5 Å². The second-order valence-electron chi connectivity index (χ2n) is 2.31. The van der Waals surface area contributed by atoms with Crippen molar-refractivity contribution in [2.24, 2.45) is 0 Å². The standard InChI is InChI=1S/C6H12O6.Li.H/c7-1-3(9)5(11)6(12)4(10)2-8;;/h3,5-9,11-12H,1-2H2;;/t3-,5+,6+;;/m1../s1. The Morgan fingerprint density at radius 3 is 1.92 bits per heavy atom. The molecule has 0 aliphatic carbocycles. The molecule has 0 bridgehead atoms. The van der Waals surface area contributed by atoms with Gasteiger partial charge in [-0.2, -0.15) is 0 Å². The van der Waals surface area contributed by atoms with Crippen molar-refractivity contribution >= 4 is 24.6 Å². The maximum absolute atomic E-state index is 10.5. The van der Waals surface area contributed by atoms with Crippen LogP contribution in [0.15, 0.2) is 0 Å².